The molecule has 0 aliphatic carbocycles. The monoisotopic (exact) mass is 296 g/mol. The third kappa shape index (κ3) is 4.09. The van der Waals surface area contributed by atoms with Crippen molar-refractivity contribution < 1.29 is 17.9 Å². The molecule has 1 rings (SSSR count). The van der Waals surface area contributed by atoms with Crippen LogP contribution in [0.1, 0.15) is 6.42 Å². The van der Waals surface area contributed by atoms with Crippen LogP contribution in [-0.2, 0) is 10.2 Å². The van der Waals surface area contributed by atoms with E-state index in [2.05, 4.69) is 4.72 Å². The summed E-state index contributed by atoms with van der Waals surface area (Å²) in [6.45, 7) is 0.0410. The summed E-state index contributed by atoms with van der Waals surface area (Å²) in [6, 6.07) is 3.40. The van der Waals surface area contributed by atoms with Gasteiger partial charge in [-0.15, -0.1) is 0 Å². The molecule has 0 unspecified atom stereocenters. The van der Waals surface area contributed by atoms with Gasteiger partial charge < -0.3 is 5.11 Å². The molecule has 1 aromatic rings. The van der Waals surface area contributed by atoms with Crippen molar-refractivity contribution in [2.75, 3.05) is 24.9 Å². The molecule has 0 spiro atoms. The van der Waals surface area contributed by atoms with Crippen LogP contribution in [0.2, 0.25) is 5.02 Å². The van der Waals surface area contributed by atoms with Gasteiger partial charge in [0.2, 0.25) is 0 Å². The second-order valence-electron chi connectivity index (χ2n) is 3.63. The minimum absolute atomic E-state index is 0.0208. The Bertz CT molecular complexity index is 510. The summed E-state index contributed by atoms with van der Waals surface area (Å²) >= 11 is 5.76. The number of rotatable bonds is 6. The summed E-state index contributed by atoms with van der Waals surface area (Å²) in [6.07, 6.45) is 0.314. The van der Waals surface area contributed by atoms with Gasteiger partial charge in [0.05, 0.1) is 10.7 Å². The van der Waals surface area contributed by atoms with E-state index in [-0.39, 0.29) is 23.9 Å². The molecular weight excluding hydrogens is 283 g/mol. The van der Waals surface area contributed by atoms with Gasteiger partial charge in [-0.3, -0.25) is 4.72 Å². The number of nitrogens with zero attached hydrogens (tertiary/aromatic N) is 1. The Hall–Kier alpha value is -0.890. The van der Waals surface area contributed by atoms with Gasteiger partial charge in [-0.25, -0.2) is 4.39 Å². The van der Waals surface area contributed by atoms with E-state index in [4.69, 9.17) is 16.7 Å². The topological polar surface area (TPSA) is 69.6 Å². The Morgan fingerprint density at radius 2 is 2.17 bits per heavy atom. The zero-order valence-corrected chi connectivity index (χ0v) is 11.3. The number of aliphatic hydroxyl groups is 1. The standard InChI is InChI=1S/C10H14ClFN2O3S/c1-14(5-2-6-15)18(16,17)13-10-7-8(12)3-4-9(10)11/h3-4,7,13,15H,2,5-6H2,1H3. The van der Waals surface area contributed by atoms with Crippen LogP contribution >= 0.6 is 11.6 Å². The third-order valence-corrected chi connectivity index (χ3v) is 4.02. The molecule has 0 atom stereocenters. The number of hydrogen-bond donors (Lipinski definition) is 2. The lowest BCUT2D eigenvalue weighted by atomic mass is 10.3. The van der Waals surface area contributed by atoms with Crippen molar-refractivity contribution in [2.24, 2.45) is 0 Å². The summed E-state index contributed by atoms with van der Waals surface area (Å²) in [5.74, 6) is -0.588. The SMILES string of the molecule is CN(CCCO)S(=O)(=O)Nc1cc(F)ccc1Cl. The van der Waals surface area contributed by atoms with Crippen molar-refractivity contribution >= 4 is 27.5 Å². The van der Waals surface area contributed by atoms with Crippen molar-refractivity contribution in [2.45, 2.75) is 6.42 Å². The van der Waals surface area contributed by atoms with Crippen LogP contribution in [-0.4, -0.2) is 38.0 Å². The normalized spacial score (nSPS) is 11.8. The molecule has 0 heterocycles. The second kappa shape index (κ2) is 6.33. The lowest BCUT2D eigenvalue weighted by molar-refractivity contribution is 0.276. The number of nitrogens with one attached hydrogen (secondary N) is 1. The fraction of sp³-hybridized carbons (Fsp3) is 0.400. The maximum atomic E-state index is 13.0. The molecule has 0 aliphatic rings. The maximum absolute atomic E-state index is 13.0. The molecule has 0 saturated heterocycles. The highest BCUT2D eigenvalue weighted by Crippen LogP contribution is 2.23. The first-order valence-electron chi connectivity index (χ1n) is 5.17. The molecule has 8 heteroatoms. The Labute approximate surface area is 110 Å². The lowest BCUT2D eigenvalue weighted by Gasteiger charge is -2.18. The number of aliphatic hydroxyl groups excluding tert-OH is 1. The first-order valence-corrected chi connectivity index (χ1v) is 6.98. The third-order valence-electron chi connectivity index (χ3n) is 2.21. The van der Waals surface area contributed by atoms with Gasteiger partial charge in [-0.05, 0) is 24.6 Å². The molecule has 0 radical (unpaired) electrons. The van der Waals surface area contributed by atoms with Crippen LogP contribution in [0.15, 0.2) is 18.2 Å². The Balaban J connectivity index is 2.85. The summed E-state index contributed by atoms with van der Waals surface area (Å²) in [5, 5.41) is 8.75. The smallest absolute Gasteiger partial charge is 0.301 e. The van der Waals surface area contributed by atoms with Crippen molar-refractivity contribution in [3.05, 3.63) is 29.0 Å². The zero-order chi connectivity index (χ0) is 13.8. The molecule has 0 aromatic heterocycles. The highest BCUT2D eigenvalue weighted by atomic mass is 35.5. The van der Waals surface area contributed by atoms with Crippen molar-refractivity contribution in [3.8, 4) is 0 Å². The Morgan fingerprint density at radius 3 is 2.78 bits per heavy atom. The average molecular weight is 297 g/mol. The first kappa shape index (κ1) is 15.2. The van der Waals surface area contributed by atoms with Gasteiger partial charge in [0.25, 0.3) is 0 Å². The van der Waals surface area contributed by atoms with Crippen LogP contribution in [0.4, 0.5) is 10.1 Å². The fourth-order valence-electron chi connectivity index (χ4n) is 1.21. The molecule has 5 nitrogen and oxygen atoms in total. The molecule has 0 saturated carbocycles. The van der Waals surface area contributed by atoms with Gasteiger partial charge in [0, 0.05) is 20.2 Å². The average Bonchev–Trinajstić information content (AvgIpc) is 2.30. The maximum Gasteiger partial charge on any atom is 0.301 e. The van der Waals surface area contributed by atoms with Crippen molar-refractivity contribution in [3.63, 3.8) is 0 Å². The molecule has 102 valence electrons. The molecule has 18 heavy (non-hydrogen) atoms. The van der Waals surface area contributed by atoms with E-state index in [0.29, 0.717) is 6.42 Å². The van der Waals surface area contributed by atoms with Gasteiger partial charge in [-0.1, -0.05) is 11.6 Å². The first-order chi connectivity index (χ1) is 8.36. The van der Waals surface area contributed by atoms with Crippen molar-refractivity contribution in [1.29, 1.82) is 0 Å². The van der Waals surface area contributed by atoms with E-state index in [1.165, 1.54) is 13.1 Å². The predicted molar refractivity (Wildman–Crippen MR) is 68.3 cm³/mol. The van der Waals surface area contributed by atoms with E-state index in [1.807, 2.05) is 0 Å². The van der Waals surface area contributed by atoms with Gasteiger partial charge in [0.1, 0.15) is 5.82 Å². The zero-order valence-electron chi connectivity index (χ0n) is 9.73. The van der Waals surface area contributed by atoms with Gasteiger partial charge in [0.15, 0.2) is 0 Å². The predicted octanol–water partition coefficient (Wildman–Crippen LogP) is 1.45. The summed E-state index contributed by atoms with van der Waals surface area (Å²) in [4.78, 5) is 0. The van der Waals surface area contributed by atoms with Crippen LogP contribution in [0.25, 0.3) is 0 Å². The summed E-state index contributed by atoms with van der Waals surface area (Å²) in [5.41, 5.74) is -0.0208. The van der Waals surface area contributed by atoms with Crippen LogP contribution in [0, 0.1) is 5.82 Å². The van der Waals surface area contributed by atoms with E-state index >= 15 is 0 Å². The Kier molecular flexibility index (Phi) is 5.33. The molecule has 1 aromatic carbocycles. The fourth-order valence-corrected chi connectivity index (χ4v) is 2.40. The lowest BCUT2D eigenvalue weighted by Crippen LogP contribution is -2.33. The summed E-state index contributed by atoms with van der Waals surface area (Å²) < 4.78 is 39.8. The van der Waals surface area contributed by atoms with E-state index in [9.17, 15) is 12.8 Å². The van der Waals surface area contributed by atoms with E-state index in [0.717, 1.165) is 16.4 Å². The van der Waals surface area contributed by atoms with Crippen LogP contribution in [0.5, 0.6) is 0 Å². The van der Waals surface area contributed by atoms with Crippen LogP contribution < -0.4 is 4.72 Å². The van der Waals surface area contributed by atoms with E-state index in [1.54, 1.807) is 0 Å². The summed E-state index contributed by atoms with van der Waals surface area (Å²) in [7, 11) is -2.45. The highest BCUT2D eigenvalue weighted by molar-refractivity contribution is 7.90. The molecule has 0 fully saturated rings. The van der Waals surface area contributed by atoms with Crippen molar-refractivity contribution in [1.82, 2.24) is 4.31 Å². The van der Waals surface area contributed by atoms with Gasteiger partial charge >= 0.3 is 10.2 Å². The number of anilines is 1. The quantitative estimate of drug-likeness (QED) is 0.835. The van der Waals surface area contributed by atoms with Crippen LogP contribution in [0.3, 0.4) is 0 Å². The number of hydrogen-bond acceptors (Lipinski definition) is 3. The largest absolute Gasteiger partial charge is 0.396 e. The Morgan fingerprint density at radius 1 is 1.50 bits per heavy atom. The number of benzene rings is 1. The molecule has 2 N–H and O–H groups in total. The highest BCUT2D eigenvalue weighted by Gasteiger charge is 2.18. The molecule has 0 amide bonds. The van der Waals surface area contributed by atoms with Gasteiger partial charge in [-0.2, -0.15) is 12.7 Å². The minimum Gasteiger partial charge on any atom is -0.396 e. The van der Waals surface area contributed by atoms with E-state index < -0.39 is 16.0 Å². The second-order valence-corrected chi connectivity index (χ2v) is 5.81. The number of halogens is 2. The molecule has 0 aliphatic heterocycles. The molecular formula is C10H14ClFN2O3S. The molecule has 0 bridgehead atoms. The minimum atomic E-state index is -3.80.